The molecule has 0 aromatic rings. The highest BCUT2D eigenvalue weighted by molar-refractivity contribution is 7.91. The molecule has 0 spiro atoms. The van der Waals surface area contributed by atoms with Crippen LogP contribution in [-0.2, 0) is 28.8 Å². The first-order chi connectivity index (χ1) is 9.42. The van der Waals surface area contributed by atoms with Crippen molar-refractivity contribution in [2.24, 2.45) is 5.41 Å². The Labute approximate surface area is 119 Å². The minimum atomic E-state index is -3.23. The second kappa shape index (κ2) is 7.92. The summed E-state index contributed by atoms with van der Waals surface area (Å²) in [5.74, 6) is -1.40. The number of carbonyl (C=O) groups is 1. The lowest BCUT2D eigenvalue weighted by Crippen LogP contribution is -2.33. The van der Waals surface area contributed by atoms with Crippen LogP contribution in [0.2, 0.25) is 0 Å². The summed E-state index contributed by atoms with van der Waals surface area (Å²) in [5, 5.41) is 9.24. The molecule has 1 unspecified atom stereocenters. The van der Waals surface area contributed by atoms with Gasteiger partial charge in [0.1, 0.15) is 0 Å². The Morgan fingerprint density at radius 3 is 2.25 bits per heavy atom. The maximum Gasteiger partial charge on any atom is 0.310 e. The maximum absolute atomic E-state index is 11.5. The fourth-order valence-corrected chi connectivity index (χ4v) is 4.22. The molecule has 8 heteroatoms. The number of methoxy groups -OCH3 is 1. The van der Waals surface area contributed by atoms with Gasteiger partial charge in [0.25, 0.3) is 0 Å². The predicted octanol–water partition coefficient (Wildman–Crippen LogP) is -0.0544. The summed E-state index contributed by atoms with van der Waals surface area (Å²) >= 11 is 0. The molecular weight excluding hydrogens is 288 g/mol. The van der Waals surface area contributed by atoms with E-state index in [2.05, 4.69) is 0 Å². The van der Waals surface area contributed by atoms with Crippen LogP contribution in [-0.4, -0.2) is 71.1 Å². The third-order valence-corrected chi connectivity index (χ3v) is 5.19. The Morgan fingerprint density at radius 2 is 1.75 bits per heavy atom. The molecule has 20 heavy (non-hydrogen) atoms. The lowest BCUT2D eigenvalue weighted by molar-refractivity contribution is -0.148. The van der Waals surface area contributed by atoms with Gasteiger partial charge >= 0.3 is 5.97 Å². The van der Waals surface area contributed by atoms with Crippen LogP contribution in [0, 0.1) is 5.41 Å². The minimum absolute atomic E-state index is 0.0561. The number of aliphatic carboxylic acids is 1. The SMILES string of the molecule is COCCOCCOCCC1(C(=O)O)CCS(=O)(=O)C1. The molecule has 7 nitrogen and oxygen atoms in total. The largest absolute Gasteiger partial charge is 0.481 e. The number of carboxylic acid groups (broad SMARTS) is 1. The number of ether oxygens (including phenoxy) is 3. The number of carboxylic acids is 1. The van der Waals surface area contributed by atoms with E-state index >= 15 is 0 Å². The summed E-state index contributed by atoms with van der Waals surface area (Å²) in [6.07, 6.45) is 0.373. The van der Waals surface area contributed by atoms with Gasteiger partial charge in [-0.05, 0) is 12.8 Å². The second-order valence-electron chi connectivity index (χ2n) is 4.90. The van der Waals surface area contributed by atoms with Crippen LogP contribution in [0.4, 0.5) is 0 Å². The quantitative estimate of drug-likeness (QED) is 0.565. The molecule has 0 aromatic carbocycles. The van der Waals surface area contributed by atoms with Crippen LogP contribution in [0.15, 0.2) is 0 Å². The van der Waals surface area contributed by atoms with E-state index in [9.17, 15) is 18.3 Å². The average molecular weight is 310 g/mol. The molecule has 1 aliphatic heterocycles. The van der Waals surface area contributed by atoms with Gasteiger partial charge in [-0.25, -0.2) is 8.42 Å². The third kappa shape index (κ3) is 5.35. The Bertz CT molecular complexity index is 406. The van der Waals surface area contributed by atoms with E-state index in [0.717, 1.165) is 0 Å². The summed E-state index contributed by atoms with van der Waals surface area (Å²) in [5.41, 5.74) is -1.18. The van der Waals surface area contributed by atoms with Gasteiger partial charge in [-0.2, -0.15) is 0 Å². The van der Waals surface area contributed by atoms with E-state index in [0.29, 0.717) is 26.4 Å². The first kappa shape index (κ1) is 17.4. The lowest BCUT2D eigenvalue weighted by Gasteiger charge is -2.21. The Hall–Kier alpha value is -0.700. The molecule has 0 amide bonds. The van der Waals surface area contributed by atoms with Crippen molar-refractivity contribution in [2.75, 3.05) is 51.6 Å². The smallest absolute Gasteiger partial charge is 0.310 e. The van der Waals surface area contributed by atoms with Gasteiger partial charge in [-0.15, -0.1) is 0 Å². The highest BCUT2D eigenvalue weighted by atomic mass is 32.2. The van der Waals surface area contributed by atoms with Crippen molar-refractivity contribution < 1.29 is 32.5 Å². The van der Waals surface area contributed by atoms with Crippen molar-refractivity contribution in [1.82, 2.24) is 0 Å². The second-order valence-corrected chi connectivity index (χ2v) is 7.08. The van der Waals surface area contributed by atoms with Crippen molar-refractivity contribution >= 4 is 15.8 Å². The molecule has 1 aliphatic rings. The maximum atomic E-state index is 11.5. The summed E-state index contributed by atoms with van der Waals surface area (Å²) in [6.45, 7) is 1.97. The molecule has 1 N–H and O–H groups in total. The minimum Gasteiger partial charge on any atom is -0.481 e. The van der Waals surface area contributed by atoms with Gasteiger partial charge in [0.05, 0.1) is 43.3 Å². The summed E-state index contributed by atoms with van der Waals surface area (Å²) in [7, 11) is -1.65. The summed E-state index contributed by atoms with van der Waals surface area (Å²) in [4.78, 5) is 11.3. The van der Waals surface area contributed by atoms with Crippen molar-refractivity contribution in [3.05, 3.63) is 0 Å². The normalized spacial score (nSPS) is 24.9. The standard InChI is InChI=1S/C12H22O7S/c1-17-5-6-19-8-7-18-4-2-12(11(13)14)3-9-20(15,16)10-12/h2-10H2,1H3,(H,13,14). The van der Waals surface area contributed by atoms with Crippen LogP contribution in [0.1, 0.15) is 12.8 Å². The monoisotopic (exact) mass is 310 g/mol. The molecule has 0 bridgehead atoms. The molecule has 1 rings (SSSR count). The number of hydrogen-bond donors (Lipinski definition) is 1. The fourth-order valence-electron chi connectivity index (χ4n) is 2.12. The van der Waals surface area contributed by atoms with Gasteiger partial charge in [0, 0.05) is 13.7 Å². The van der Waals surface area contributed by atoms with E-state index in [1.807, 2.05) is 0 Å². The number of rotatable bonds is 10. The molecule has 1 atom stereocenters. The van der Waals surface area contributed by atoms with Gasteiger partial charge in [0.2, 0.25) is 0 Å². The Morgan fingerprint density at radius 1 is 1.15 bits per heavy atom. The highest BCUT2D eigenvalue weighted by Gasteiger charge is 2.47. The molecule has 1 saturated heterocycles. The molecule has 1 fully saturated rings. The zero-order chi connectivity index (χ0) is 15.1. The van der Waals surface area contributed by atoms with E-state index in [4.69, 9.17) is 14.2 Å². The molecule has 118 valence electrons. The molecule has 0 aromatic heterocycles. The Kier molecular flexibility index (Phi) is 6.87. The van der Waals surface area contributed by atoms with E-state index < -0.39 is 21.2 Å². The molecule has 0 radical (unpaired) electrons. The summed E-state index contributed by atoms with van der Waals surface area (Å²) < 4.78 is 38.2. The van der Waals surface area contributed by atoms with Crippen LogP contribution in [0.3, 0.4) is 0 Å². The van der Waals surface area contributed by atoms with E-state index in [-0.39, 0.29) is 31.0 Å². The summed E-state index contributed by atoms with van der Waals surface area (Å²) in [6, 6.07) is 0. The zero-order valence-electron chi connectivity index (χ0n) is 11.7. The molecule has 0 aliphatic carbocycles. The van der Waals surface area contributed by atoms with Crippen molar-refractivity contribution in [3.63, 3.8) is 0 Å². The van der Waals surface area contributed by atoms with Crippen molar-refractivity contribution in [2.45, 2.75) is 12.8 Å². The molecule has 0 saturated carbocycles. The highest BCUT2D eigenvalue weighted by Crippen LogP contribution is 2.36. The van der Waals surface area contributed by atoms with Gasteiger partial charge in [0.15, 0.2) is 9.84 Å². The third-order valence-electron chi connectivity index (χ3n) is 3.37. The lowest BCUT2D eigenvalue weighted by atomic mass is 9.84. The van der Waals surface area contributed by atoms with Crippen LogP contribution in [0.25, 0.3) is 0 Å². The average Bonchev–Trinajstić information content (AvgIpc) is 2.70. The first-order valence-corrected chi connectivity index (χ1v) is 8.32. The van der Waals surface area contributed by atoms with E-state index in [1.165, 1.54) is 0 Å². The van der Waals surface area contributed by atoms with Gasteiger partial charge < -0.3 is 19.3 Å². The zero-order valence-corrected chi connectivity index (χ0v) is 12.5. The van der Waals surface area contributed by atoms with Crippen molar-refractivity contribution in [3.8, 4) is 0 Å². The first-order valence-electron chi connectivity index (χ1n) is 6.50. The van der Waals surface area contributed by atoms with Crippen LogP contribution in [0.5, 0.6) is 0 Å². The molecular formula is C12H22O7S. The van der Waals surface area contributed by atoms with Gasteiger partial charge in [-0.3, -0.25) is 4.79 Å². The van der Waals surface area contributed by atoms with Gasteiger partial charge in [-0.1, -0.05) is 0 Å². The van der Waals surface area contributed by atoms with Crippen LogP contribution < -0.4 is 0 Å². The number of hydrogen-bond acceptors (Lipinski definition) is 6. The topological polar surface area (TPSA) is 99.1 Å². The van der Waals surface area contributed by atoms with Crippen molar-refractivity contribution in [1.29, 1.82) is 0 Å². The fraction of sp³-hybridized carbons (Fsp3) is 0.917. The van der Waals surface area contributed by atoms with Crippen LogP contribution >= 0.6 is 0 Å². The Balaban J connectivity index is 2.23. The predicted molar refractivity (Wildman–Crippen MR) is 71.5 cm³/mol. The number of sulfone groups is 1. The molecule has 1 heterocycles. The van der Waals surface area contributed by atoms with E-state index in [1.54, 1.807) is 7.11 Å².